The second-order valence-electron chi connectivity index (χ2n) is 10.2. The van der Waals surface area contributed by atoms with E-state index in [9.17, 15) is 34.2 Å². The molecule has 0 radical (unpaired) electrons. The van der Waals surface area contributed by atoms with Gasteiger partial charge in [0, 0.05) is 42.9 Å². The van der Waals surface area contributed by atoms with E-state index in [1.165, 1.54) is 21.6 Å². The van der Waals surface area contributed by atoms with Gasteiger partial charge in [-0.1, -0.05) is 0 Å². The number of aliphatic carboxylic acids is 2. The van der Waals surface area contributed by atoms with Gasteiger partial charge in [0.25, 0.3) is 5.91 Å². The quantitative estimate of drug-likeness (QED) is 0.321. The van der Waals surface area contributed by atoms with E-state index >= 15 is 0 Å². The summed E-state index contributed by atoms with van der Waals surface area (Å²) in [5.74, 6) is -5.09. The molecule has 2 fully saturated rings. The first kappa shape index (κ1) is 30.9. The molecule has 1 unspecified atom stereocenters. The highest BCUT2D eigenvalue weighted by Gasteiger charge is 2.48. The lowest BCUT2D eigenvalue weighted by atomic mass is 9.80. The van der Waals surface area contributed by atoms with Crippen LogP contribution in [0.1, 0.15) is 61.0 Å². The number of amides is 3. The third-order valence-corrected chi connectivity index (χ3v) is 8.39. The Morgan fingerprint density at radius 2 is 1.76 bits per heavy atom. The molecule has 42 heavy (non-hydrogen) atoms. The van der Waals surface area contributed by atoms with Crippen LogP contribution in [-0.2, 0) is 19.1 Å². The number of nitrogens with two attached hydrogens (primary N) is 1. The number of fused-ring (bicyclic) bond motifs is 1. The molecule has 2 aliphatic rings. The number of nitrogens with zero attached hydrogens (tertiary/aromatic N) is 3. The summed E-state index contributed by atoms with van der Waals surface area (Å²) in [4.78, 5) is 71.4. The van der Waals surface area contributed by atoms with E-state index in [1.807, 2.05) is 6.26 Å². The molecule has 14 heteroatoms. The minimum atomic E-state index is -1.57. The number of hydrogen-bond acceptors (Lipinski definition) is 9. The van der Waals surface area contributed by atoms with Gasteiger partial charge in [0.1, 0.15) is 11.3 Å². The molecule has 2 aromatic rings. The smallest absolute Gasteiger partial charge is 0.409 e. The first-order valence-electron chi connectivity index (χ1n) is 13.7. The Kier molecular flexibility index (Phi) is 9.44. The number of pyridine rings is 1. The Hall–Kier alpha value is -4.07. The number of carboxylic acids is 2. The number of benzene rings is 1. The predicted octanol–water partition coefficient (Wildman–Crippen LogP) is 2.69. The van der Waals surface area contributed by atoms with Crippen molar-refractivity contribution in [1.82, 2.24) is 14.8 Å². The molecule has 0 bridgehead atoms. The Morgan fingerprint density at radius 3 is 2.29 bits per heavy atom. The lowest BCUT2D eigenvalue weighted by Gasteiger charge is -2.39. The van der Waals surface area contributed by atoms with Gasteiger partial charge in [-0.25, -0.2) is 9.59 Å². The van der Waals surface area contributed by atoms with Crippen molar-refractivity contribution in [3.8, 4) is 5.75 Å². The number of primary amides is 1. The van der Waals surface area contributed by atoms with E-state index in [2.05, 4.69) is 4.98 Å². The van der Waals surface area contributed by atoms with Gasteiger partial charge in [0.2, 0.25) is 11.5 Å². The maximum absolute atomic E-state index is 14.0. The monoisotopic (exact) mass is 602 g/mol. The summed E-state index contributed by atoms with van der Waals surface area (Å²) in [6, 6.07) is 5.18. The molecule has 1 saturated carbocycles. The van der Waals surface area contributed by atoms with Crippen LogP contribution in [0.5, 0.6) is 5.75 Å². The van der Waals surface area contributed by atoms with Crippen LogP contribution >= 0.6 is 11.8 Å². The lowest BCUT2D eigenvalue weighted by molar-refractivity contribution is -0.163. The molecule has 13 nitrogen and oxygen atoms in total. The van der Waals surface area contributed by atoms with Crippen molar-refractivity contribution in [2.45, 2.75) is 55.4 Å². The summed E-state index contributed by atoms with van der Waals surface area (Å²) in [6.07, 6.45) is 1.80. The number of carbonyl (C=O) groups excluding carboxylic acids is 3. The van der Waals surface area contributed by atoms with E-state index < -0.39 is 47.8 Å². The molecule has 1 aliphatic heterocycles. The molecule has 4 rings (SSSR count). The van der Waals surface area contributed by atoms with Gasteiger partial charge < -0.3 is 35.2 Å². The fourth-order valence-corrected chi connectivity index (χ4v) is 5.64. The molecule has 1 aromatic carbocycles. The highest BCUT2D eigenvalue weighted by atomic mass is 32.2. The Morgan fingerprint density at radius 1 is 1.10 bits per heavy atom. The molecule has 1 atom stereocenters. The number of carbonyl (C=O) groups is 5. The van der Waals surface area contributed by atoms with E-state index in [-0.39, 0.29) is 69.1 Å². The Balaban J connectivity index is 1.83. The van der Waals surface area contributed by atoms with Crippen molar-refractivity contribution in [2.24, 2.45) is 5.73 Å². The van der Waals surface area contributed by atoms with Gasteiger partial charge >= 0.3 is 18.0 Å². The zero-order chi connectivity index (χ0) is 30.6. The molecule has 226 valence electrons. The maximum Gasteiger partial charge on any atom is 0.409 e. The number of ether oxygens (including phenoxy) is 2. The minimum Gasteiger partial charge on any atom is -0.481 e. The molecule has 3 amide bonds. The second-order valence-corrected chi connectivity index (χ2v) is 11.1. The van der Waals surface area contributed by atoms with Crippen LogP contribution in [0.4, 0.5) is 4.79 Å². The lowest BCUT2D eigenvalue weighted by Crippen LogP contribution is -2.52. The van der Waals surface area contributed by atoms with E-state index in [4.69, 9.17) is 15.2 Å². The zero-order valence-electron chi connectivity index (χ0n) is 23.5. The molecular weight excluding hydrogens is 568 g/mol. The summed E-state index contributed by atoms with van der Waals surface area (Å²) < 4.78 is 11.2. The van der Waals surface area contributed by atoms with Crippen LogP contribution in [0.15, 0.2) is 23.1 Å². The van der Waals surface area contributed by atoms with Gasteiger partial charge in [0.15, 0.2) is 0 Å². The largest absolute Gasteiger partial charge is 0.481 e. The number of aromatic nitrogens is 1. The van der Waals surface area contributed by atoms with Crippen molar-refractivity contribution in [3.63, 3.8) is 0 Å². The zero-order valence-corrected chi connectivity index (χ0v) is 24.3. The summed E-state index contributed by atoms with van der Waals surface area (Å²) in [7, 11) is 0. The van der Waals surface area contributed by atoms with Gasteiger partial charge in [0.05, 0.1) is 23.7 Å². The molecule has 1 saturated heterocycles. The average Bonchev–Trinajstić information content (AvgIpc) is 2.94. The van der Waals surface area contributed by atoms with Crippen LogP contribution in [0.2, 0.25) is 0 Å². The van der Waals surface area contributed by atoms with Gasteiger partial charge in [-0.3, -0.25) is 19.4 Å². The van der Waals surface area contributed by atoms with Gasteiger partial charge in [-0.15, -0.1) is 11.8 Å². The normalized spacial score (nSPS) is 16.8. The summed E-state index contributed by atoms with van der Waals surface area (Å²) in [5, 5.41) is 19.8. The van der Waals surface area contributed by atoms with Gasteiger partial charge in [-0.2, -0.15) is 0 Å². The van der Waals surface area contributed by atoms with Crippen LogP contribution < -0.4 is 10.5 Å². The van der Waals surface area contributed by atoms with Gasteiger partial charge in [-0.05, 0) is 57.1 Å². The third-order valence-electron chi connectivity index (χ3n) is 7.66. The molecule has 1 aliphatic carbocycles. The van der Waals surface area contributed by atoms with Crippen LogP contribution in [-0.4, -0.2) is 99.5 Å². The minimum absolute atomic E-state index is 0.0687. The Labute approximate surface area is 246 Å². The van der Waals surface area contributed by atoms with Crippen molar-refractivity contribution >= 4 is 52.5 Å². The van der Waals surface area contributed by atoms with E-state index in [1.54, 1.807) is 25.1 Å². The molecule has 0 spiro atoms. The van der Waals surface area contributed by atoms with E-state index in [0.717, 1.165) is 4.90 Å². The Bertz CT molecular complexity index is 1400. The predicted molar refractivity (Wildman–Crippen MR) is 152 cm³/mol. The maximum atomic E-state index is 14.0. The summed E-state index contributed by atoms with van der Waals surface area (Å²) in [5.41, 5.74) is 4.32. The molecule has 2 heterocycles. The van der Waals surface area contributed by atoms with Crippen LogP contribution in [0.3, 0.4) is 0 Å². The van der Waals surface area contributed by atoms with Crippen molar-refractivity contribution in [3.05, 3.63) is 29.5 Å². The first-order chi connectivity index (χ1) is 20.0. The standard InChI is InChI=1S/C28H34N4O9S/c1-3-40-27(39)32-13-11-31(12-14-32)25(36)17(6-8-20(33)34)22-21(24(29)35)23(41-28(26(37)38)9-4-10-28)18-15-16(42-2)5-7-19(18)30-22/h5,7,15,17H,3-4,6,8-14H2,1-2H3,(H2,29,35)(H,33,34)(H,37,38). The average molecular weight is 603 g/mol. The molecule has 1 aromatic heterocycles. The number of hydrogen-bond donors (Lipinski definition) is 3. The number of carboxylic acid groups (broad SMARTS) is 2. The molecule has 4 N–H and O–H groups in total. The number of thioether (sulfide) groups is 1. The molecular formula is C28H34N4O9S. The number of piperazine rings is 1. The van der Waals surface area contributed by atoms with E-state index in [0.29, 0.717) is 17.3 Å². The summed E-state index contributed by atoms with van der Waals surface area (Å²) >= 11 is 1.42. The SMILES string of the molecule is CCOC(=O)N1CCN(C(=O)C(CCC(=O)O)c2nc3ccc(SC)cc3c(OC3(C(=O)O)CCC3)c2C(N)=O)CC1. The van der Waals surface area contributed by atoms with Crippen molar-refractivity contribution in [2.75, 3.05) is 39.0 Å². The third kappa shape index (κ3) is 6.22. The fraction of sp³-hybridized carbons (Fsp3) is 0.500. The fourth-order valence-electron chi connectivity index (χ4n) is 5.20. The van der Waals surface area contributed by atoms with Crippen molar-refractivity contribution in [1.29, 1.82) is 0 Å². The van der Waals surface area contributed by atoms with Crippen molar-refractivity contribution < 1.29 is 43.7 Å². The highest BCUT2D eigenvalue weighted by molar-refractivity contribution is 7.98. The topological polar surface area (TPSA) is 190 Å². The summed E-state index contributed by atoms with van der Waals surface area (Å²) in [6.45, 7) is 2.63. The van der Waals surface area contributed by atoms with Crippen LogP contribution in [0, 0.1) is 0 Å². The van der Waals surface area contributed by atoms with Crippen LogP contribution in [0.25, 0.3) is 10.9 Å². The second kappa shape index (κ2) is 12.8. The highest BCUT2D eigenvalue weighted by Crippen LogP contribution is 2.43. The number of rotatable bonds is 11. The first-order valence-corrected chi connectivity index (χ1v) is 14.9.